The molecule has 0 amide bonds. The van der Waals surface area contributed by atoms with Gasteiger partial charge in [-0.3, -0.25) is 0 Å². The summed E-state index contributed by atoms with van der Waals surface area (Å²) in [5.74, 6) is -0.180. The normalized spacial score (nSPS) is 11.4. The molecule has 0 saturated heterocycles. The molecule has 1 aromatic heterocycles. The Morgan fingerprint density at radius 3 is 2.23 bits per heavy atom. The van der Waals surface area contributed by atoms with E-state index in [1.165, 1.54) is 26.4 Å². The number of ether oxygens (including phenoxy) is 2. The summed E-state index contributed by atoms with van der Waals surface area (Å²) >= 11 is 0. The van der Waals surface area contributed by atoms with E-state index >= 15 is 4.39 Å². The molecule has 0 saturated carbocycles. The highest BCUT2D eigenvalue weighted by Gasteiger charge is 2.29. The van der Waals surface area contributed by atoms with Gasteiger partial charge in [0.15, 0.2) is 0 Å². The van der Waals surface area contributed by atoms with Crippen LogP contribution < -0.4 is 9.47 Å². The van der Waals surface area contributed by atoms with Crippen LogP contribution in [-0.4, -0.2) is 27.6 Å². The van der Waals surface area contributed by atoms with Gasteiger partial charge in [-0.15, -0.1) is 0 Å². The van der Waals surface area contributed by atoms with E-state index in [4.69, 9.17) is 9.47 Å². The van der Waals surface area contributed by atoms with E-state index in [1.54, 1.807) is 60.7 Å². The first-order valence-corrected chi connectivity index (χ1v) is 10.6. The summed E-state index contributed by atoms with van der Waals surface area (Å²) in [4.78, 5) is 3.37. The largest absolute Gasteiger partial charge is 0.497 e. The van der Waals surface area contributed by atoms with Crippen LogP contribution in [0.5, 0.6) is 11.5 Å². The maximum atomic E-state index is 15.3. The number of benzene rings is 3. The molecule has 4 rings (SSSR count). The van der Waals surface area contributed by atoms with Gasteiger partial charge in [-0.05, 0) is 42.0 Å². The second kappa shape index (κ2) is 7.76. The molecule has 0 aliphatic carbocycles. The van der Waals surface area contributed by atoms with Crippen molar-refractivity contribution in [3.63, 3.8) is 0 Å². The molecule has 4 aromatic rings. The lowest BCUT2D eigenvalue weighted by Gasteiger charge is -2.15. The maximum Gasteiger partial charge on any atom is 0.233 e. The fraction of sp³-hybridized carbons (Fsp3) is 0.0870. The van der Waals surface area contributed by atoms with Gasteiger partial charge in [-0.1, -0.05) is 36.4 Å². The maximum absolute atomic E-state index is 15.3. The van der Waals surface area contributed by atoms with E-state index in [0.29, 0.717) is 28.0 Å². The third kappa shape index (κ3) is 3.37. The molecule has 7 heteroatoms. The van der Waals surface area contributed by atoms with Crippen LogP contribution in [0.1, 0.15) is 0 Å². The van der Waals surface area contributed by atoms with Crippen LogP contribution in [0.2, 0.25) is 0 Å². The molecular weight excluding hydrogens is 405 g/mol. The highest BCUT2D eigenvalue weighted by molar-refractivity contribution is 7.91. The number of nitrogens with zero attached hydrogens (tertiary/aromatic N) is 1. The van der Waals surface area contributed by atoms with E-state index in [2.05, 4.69) is 4.98 Å². The zero-order valence-electron chi connectivity index (χ0n) is 16.3. The number of fused-ring (bicyclic) bond motifs is 1. The molecule has 0 spiro atoms. The number of methoxy groups -OCH3 is 2. The lowest BCUT2D eigenvalue weighted by atomic mass is 10.0. The van der Waals surface area contributed by atoms with Crippen LogP contribution in [0.4, 0.5) is 4.39 Å². The average Bonchev–Trinajstić information content (AvgIpc) is 2.78. The second-order valence-electron chi connectivity index (χ2n) is 6.54. The average molecular weight is 423 g/mol. The molecule has 0 aliphatic heterocycles. The van der Waals surface area contributed by atoms with Gasteiger partial charge in [0, 0.05) is 10.9 Å². The van der Waals surface area contributed by atoms with Crippen molar-refractivity contribution in [1.82, 2.24) is 4.98 Å². The predicted molar refractivity (Wildman–Crippen MR) is 112 cm³/mol. The Hall–Kier alpha value is -3.45. The number of sulfone groups is 1. The van der Waals surface area contributed by atoms with Gasteiger partial charge in [-0.2, -0.15) is 4.39 Å². The summed E-state index contributed by atoms with van der Waals surface area (Å²) in [6, 6.07) is 19.6. The first-order chi connectivity index (χ1) is 14.5. The highest BCUT2D eigenvalue weighted by Crippen LogP contribution is 2.39. The molecule has 0 unspecified atom stereocenters. The van der Waals surface area contributed by atoms with Gasteiger partial charge in [0.25, 0.3) is 0 Å². The van der Waals surface area contributed by atoms with Crippen molar-refractivity contribution >= 4 is 20.7 Å². The van der Waals surface area contributed by atoms with Crippen molar-refractivity contribution in [2.45, 2.75) is 9.79 Å². The monoisotopic (exact) mass is 423 g/mol. The minimum Gasteiger partial charge on any atom is -0.497 e. The number of aromatic nitrogens is 1. The quantitative estimate of drug-likeness (QED) is 0.428. The minimum absolute atomic E-state index is 0.0815. The number of hydrogen-bond acceptors (Lipinski definition) is 5. The number of pyridine rings is 1. The van der Waals surface area contributed by atoms with Crippen LogP contribution in [0.25, 0.3) is 22.0 Å². The third-order valence-corrected chi connectivity index (χ3v) is 6.57. The van der Waals surface area contributed by atoms with E-state index in [-0.39, 0.29) is 10.5 Å². The molecule has 1 heterocycles. The zero-order chi connectivity index (χ0) is 21.3. The molecule has 0 aliphatic rings. The molecule has 0 N–H and O–H groups in total. The molecule has 152 valence electrons. The molecule has 3 aromatic carbocycles. The number of para-hydroxylation sites is 1. The highest BCUT2D eigenvalue weighted by atomic mass is 32.2. The Morgan fingerprint density at radius 2 is 1.50 bits per heavy atom. The van der Waals surface area contributed by atoms with Crippen LogP contribution in [-0.2, 0) is 9.84 Å². The van der Waals surface area contributed by atoms with Gasteiger partial charge >= 0.3 is 0 Å². The summed E-state index contributed by atoms with van der Waals surface area (Å²) in [6.45, 7) is 0. The Balaban J connectivity index is 2.10. The van der Waals surface area contributed by atoms with Crippen molar-refractivity contribution < 1.29 is 22.3 Å². The Morgan fingerprint density at radius 1 is 0.833 bits per heavy atom. The number of rotatable bonds is 5. The number of halogens is 1. The van der Waals surface area contributed by atoms with Crippen molar-refractivity contribution in [3.05, 3.63) is 78.7 Å². The lowest BCUT2D eigenvalue weighted by molar-refractivity contribution is 0.413. The topological polar surface area (TPSA) is 65.5 Å². The van der Waals surface area contributed by atoms with E-state index in [1.807, 2.05) is 0 Å². The SMILES string of the molecule is COc1cccc(-c2c(S(=O)(=O)c3cccc(OC)c3)c(F)nc3ccccc23)c1. The van der Waals surface area contributed by atoms with E-state index in [9.17, 15) is 8.42 Å². The van der Waals surface area contributed by atoms with Gasteiger partial charge in [0.2, 0.25) is 15.8 Å². The molecule has 0 fully saturated rings. The summed E-state index contributed by atoms with van der Waals surface area (Å²) < 4.78 is 52.8. The lowest BCUT2D eigenvalue weighted by Crippen LogP contribution is -2.09. The standard InChI is InChI=1S/C23H18FNO4S/c1-28-16-8-5-7-15(13-16)21-19-11-3-4-12-20(19)25-23(24)22(21)30(26,27)18-10-6-9-17(14-18)29-2/h3-14H,1-2H3. The van der Waals surface area contributed by atoms with Gasteiger partial charge in [-0.25, -0.2) is 13.4 Å². The fourth-order valence-electron chi connectivity index (χ4n) is 3.36. The van der Waals surface area contributed by atoms with E-state index < -0.39 is 20.7 Å². The smallest absolute Gasteiger partial charge is 0.233 e. The summed E-state index contributed by atoms with van der Waals surface area (Å²) in [7, 11) is -1.30. The molecule has 30 heavy (non-hydrogen) atoms. The van der Waals surface area contributed by atoms with Crippen LogP contribution >= 0.6 is 0 Å². The Bertz CT molecular complexity index is 1350. The summed E-state index contributed by atoms with van der Waals surface area (Å²) in [5.41, 5.74) is 1.10. The molecule has 0 radical (unpaired) electrons. The van der Waals surface area contributed by atoms with Gasteiger partial charge in [0.1, 0.15) is 16.4 Å². The molecule has 0 bridgehead atoms. The third-order valence-electron chi connectivity index (χ3n) is 4.79. The van der Waals surface area contributed by atoms with Crippen molar-refractivity contribution in [1.29, 1.82) is 0 Å². The second-order valence-corrected chi connectivity index (χ2v) is 8.42. The molecule has 0 atom stereocenters. The summed E-state index contributed by atoms with van der Waals surface area (Å²) in [5, 5.41) is 0.522. The van der Waals surface area contributed by atoms with Gasteiger partial charge < -0.3 is 9.47 Å². The Labute approximate surface area is 173 Å². The summed E-state index contributed by atoms with van der Waals surface area (Å²) in [6.07, 6.45) is 0. The number of hydrogen-bond donors (Lipinski definition) is 0. The minimum atomic E-state index is -4.25. The first kappa shape index (κ1) is 19.8. The van der Waals surface area contributed by atoms with Crippen LogP contribution in [0.3, 0.4) is 0 Å². The van der Waals surface area contributed by atoms with Crippen LogP contribution in [0, 0.1) is 5.95 Å². The van der Waals surface area contributed by atoms with Crippen LogP contribution in [0.15, 0.2) is 82.6 Å². The van der Waals surface area contributed by atoms with Gasteiger partial charge in [0.05, 0.1) is 24.6 Å². The fourth-order valence-corrected chi connectivity index (χ4v) is 4.89. The van der Waals surface area contributed by atoms with Crippen molar-refractivity contribution in [2.75, 3.05) is 14.2 Å². The molecule has 5 nitrogen and oxygen atoms in total. The molecular formula is C23H18FNO4S. The Kier molecular flexibility index (Phi) is 5.13. The zero-order valence-corrected chi connectivity index (χ0v) is 17.1. The first-order valence-electron chi connectivity index (χ1n) is 9.07. The van der Waals surface area contributed by atoms with E-state index in [0.717, 1.165) is 0 Å². The predicted octanol–water partition coefficient (Wildman–Crippen LogP) is 4.89. The van der Waals surface area contributed by atoms with Crippen molar-refractivity contribution in [3.8, 4) is 22.6 Å². The van der Waals surface area contributed by atoms with Crippen molar-refractivity contribution in [2.24, 2.45) is 0 Å².